The second-order valence-electron chi connectivity index (χ2n) is 8.05. The monoisotopic (exact) mass is 430 g/mol. The predicted octanol–water partition coefficient (Wildman–Crippen LogP) is 3.49. The molecule has 0 radical (unpaired) electrons. The molecular formula is C22H26N2O5S. The van der Waals surface area contributed by atoms with Gasteiger partial charge in [-0.1, -0.05) is 18.9 Å². The summed E-state index contributed by atoms with van der Waals surface area (Å²) in [6.07, 6.45) is 7.32. The van der Waals surface area contributed by atoms with E-state index < -0.39 is 9.84 Å². The molecule has 1 saturated heterocycles. The number of carbonyl (C=O) groups is 2. The third-order valence-electron chi connectivity index (χ3n) is 6.09. The molecule has 2 aromatic rings. The molecule has 1 N–H and O–H groups in total. The molecule has 4 rings (SSSR count). The summed E-state index contributed by atoms with van der Waals surface area (Å²) in [4.78, 5) is 27.1. The van der Waals surface area contributed by atoms with E-state index in [1.165, 1.54) is 12.5 Å². The zero-order chi connectivity index (χ0) is 21.1. The molecule has 1 aliphatic carbocycles. The van der Waals surface area contributed by atoms with Crippen LogP contribution < -0.4 is 5.32 Å². The normalized spacial score (nSPS) is 18.5. The van der Waals surface area contributed by atoms with Crippen LogP contribution in [0.25, 0.3) is 0 Å². The highest BCUT2D eigenvalue weighted by Crippen LogP contribution is 2.31. The van der Waals surface area contributed by atoms with Gasteiger partial charge in [-0.05, 0) is 49.9 Å². The van der Waals surface area contributed by atoms with Gasteiger partial charge >= 0.3 is 0 Å². The number of benzene rings is 1. The highest BCUT2D eigenvalue weighted by Gasteiger charge is 2.31. The summed E-state index contributed by atoms with van der Waals surface area (Å²) >= 11 is 0. The third-order valence-corrected chi connectivity index (χ3v) is 8.35. The number of hydrogen-bond acceptors (Lipinski definition) is 5. The molecule has 1 aliphatic heterocycles. The molecule has 1 aromatic heterocycles. The van der Waals surface area contributed by atoms with Crippen LogP contribution in [-0.2, 0) is 14.6 Å². The maximum Gasteiger partial charge on any atom is 0.257 e. The Balaban J connectivity index is 1.36. The van der Waals surface area contributed by atoms with E-state index in [1.807, 2.05) is 0 Å². The van der Waals surface area contributed by atoms with Crippen molar-refractivity contribution in [3.63, 3.8) is 0 Å². The molecule has 2 heterocycles. The van der Waals surface area contributed by atoms with Gasteiger partial charge in [0.15, 0.2) is 9.84 Å². The maximum atomic E-state index is 12.8. The molecule has 160 valence electrons. The number of furan rings is 1. The number of sulfone groups is 1. The van der Waals surface area contributed by atoms with Crippen LogP contribution >= 0.6 is 0 Å². The number of piperidine rings is 1. The average molecular weight is 431 g/mol. The Labute approximate surface area is 176 Å². The number of likely N-dealkylation sites (tertiary alicyclic amines) is 1. The smallest absolute Gasteiger partial charge is 0.257 e. The SMILES string of the molecule is O=C(Nc1cccc(S(=O)(=O)C2CCCC2)c1)C1CCN(C(=O)c2ccoc2)CC1. The molecule has 7 nitrogen and oxygen atoms in total. The van der Waals surface area contributed by atoms with Crippen molar-refractivity contribution in [2.45, 2.75) is 48.7 Å². The number of amides is 2. The van der Waals surface area contributed by atoms with Crippen LogP contribution in [0.5, 0.6) is 0 Å². The van der Waals surface area contributed by atoms with Crippen LogP contribution in [0.4, 0.5) is 5.69 Å². The van der Waals surface area contributed by atoms with Gasteiger partial charge < -0.3 is 14.6 Å². The molecule has 2 aliphatic rings. The highest BCUT2D eigenvalue weighted by molar-refractivity contribution is 7.92. The second-order valence-corrected chi connectivity index (χ2v) is 10.3. The van der Waals surface area contributed by atoms with E-state index in [2.05, 4.69) is 5.32 Å². The van der Waals surface area contributed by atoms with Gasteiger partial charge in [-0.2, -0.15) is 0 Å². The maximum absolute atomic E-state index is 12.8. The van der Waals surface area contributed by atoms with E-state index in [1.54, 1.807) is 35.2 Å². The van der Waals surface area contributed by atoms with E-state index in [0.717, 1.165) is 12.8 Å². The summed E-state index contributed by atoms with van der Waals surface area (Å²) in [5.74, 6) is -0.443. The van der Waals surface area contributed by atoms with Crippen molar-refractivity contribution in [2.75, 3.05) is 18.4 Å². The lowest BCUT2D eigenvalue weighted by Gasteiger charge is -2.31. The minimum absolute atomic E-state index is 0.0903. The largest absolute Gasteiger partial charge is 0.472 e. The lowest BCUT2D eigenvalue weighted by molar-refractivity contribution is -0.121. The average Bonchev–Trinajstić information content (AvgIpc) is 3.48. The van der Waals surface area contributed by atoms with Gasteiger partial charge in [-0.15, -0.1) is 0 Å². The number of nitrogens with one attached hydrogen (secondary N) is 1. The van der Waals surface area contributed by atoms with E-state index in [4.69, 9.17) is 4.42 Å². The fourth-order valence-electron chi connectivity index (χ4n) is 4.30. The van der Waals surface area contributed by atoms with Gasteiger partial charge in [0.05, 0.1) is 22.0 Å². The van der Waals surface area contributed by atoms with Crippen LogP contribution in [0.1, 0.15) is 48.9 Å². The van der Waals surface area contributed by atoms with E-state index >= 15 is 0 Å². The van der Waals surface area contributed by atoms with Crippen LogP contribution in [0.2, 0.25) is 0 Å². The second kappa shape index (κ2) is 8.63. The van der Waals surface area contributed by atoms with Crippen molar-refractivity contribution in [3.8, 4) is 0 Å². The topological polar surface area (TPSA) is 96.7 Å². The number of nitrogens with zero attached hydrogens (tertiary/aromatic N) is 1. The van der Waals surface area contributed by atoms with Gasteiger partial charge in [0.1, 0.15) is 6.26 Å². The fourth-order valence-corrected chi connectivity index (χ4v) is 6.20. The highest BCUT2D eigenvalue weighted by atomic mass is 32.2. The third kappa shape index (κ3) is 4.28. The van der Waals surface area contributed by atoms with Crippen molar-refractivity contribution in [2.24, 2.45) is 5.92 Å². The Bertz CT molecular complexity index is 1000. The number of rotatable bonds is 5. The van der Waals surface area contributed by atoms with E-state index in [-0.39, 0.29) is 27.9 Å². The van der Waals surface area contributed by atoms with Crippen LogP contribution in [0.3, 0.4) is 0 Å². The summed E-state index contributed by atoms with van der Waals surface area (Å²) in [6, 6.07) is 8.17. The first-order chi connectivity index (χ1) is 14.4. The molecule has 0 atom stereocenters. The summed E-state index contributed by atoms with van der Waals surface area (Å²) in [6.45, 7) is 0.996. The lowest BCUT2D eigenvalue weighted by atomic mass is 9.95. The number of carbonyl (C=O) groups excluding carboxylic acids is 2. The molecule has 0 spiro atoms. The molecule has 1 aromatic carbocycles. The van der Waals surface area contributed by atoms with Gasteiger partial charge in [-0.25, -0.2) is 8.42 Å². The van der Waals surface area contributed by atoms with Crippen molar-refractivity contribution >= 4 is 27.3 Å². The summed E-state index contributed by atoms with van der Waals surface area (Å²) < 4.78 is 30.6. The Morgan fingerprint density at radius 1 is 1.03 bits per heavy atom. The standard InChI is InChI=1S/C22H26N2O5S/c25-21(16-8-11-24(12-9-16)22(26)17-10-13-29-15-17)23-18-4-3-7-20(14-18)30(27,28)19-5-1-2-6-19/h3-4,7,10,13-16,19H,1-2,5-6,8-9,11-12H2,(H,23,25). The van der Waals surface area contributed by atoms with Crippen LogP contribution in [-0.4, -0.2) is 43.5 Å². The molecule has 8 heteroatoms. The Morgan fingerprint density at radius 3 is 2.43 bits per heavy atom. The first-order valence-electron chi connectivity index (χ1n) is 10.4. The molecule has 2 fully saturated rings. The van der Waals surface area contributed by atoms with Gasteiger partial charge in [-0.3, -0.25) is 9.59 Å². The first-order valence-corrected chi connectivity index (χ1v) is 12.0. The lowest BCUT2D eigenvalue weighted by Crippen LogP contribution is -2.41. The van der Waals surface area contributed by atoms with Crippen molar-refractivity contribution < 1.29 is 22.4 Å². The zero-order valence-electron chi connectivity index (χ0n) is 16.7. The quantitative estimate of drug-likeness (QED) is 0.783. The Kier molecular flexibility index (Phi) is 5.94. The van der Waals surface area contributed by atoms with Crippen LogP contribution in [0, 0.1) is 5.92 Å². The first kappa shape index (κ1) is 20.7. The van der Waals surface area contributed by atoms with Gasteiger partial charge in [0, 0.05) is 24.7 Å². The minimum Gasteiger partial charge on any atom is -0.472 e. The summed E-state index contributed by atoms with van der Waals surface area (Å²) in [5.41, 5.74) is 1.01. The zero-order valence-corrected chi connectivity index (χ0v) is 17.6. The Hall–Kier alpha value is -2.61. The van der Waals surface area contributed by atoms with Crippen molar-refractivity contribution in [3.05, 3.63) is 48.4 Å². The minimum atomic E-state index is -3.36. The van der Waals surface area contributed by atoms with E-state index in [9.17, 15) is 18.0 Å². The molecule has 0 bridgehead atoms. The van der Waals surface area contributed by atoms with E-state index in [0.29, 0.717) is 50.0 Å². The fraction of sp³-hybridized carbons (Fsp3) is 0.455. The van der Waals surface area contributed by atoms with Gasteiger partial charge in [0.25, 0.3) is 5.91 Å². The molecular weight excluding hydrogens is 404 g/mol. The number of hydrogen-bond donors (Lipinski definition) is 1. The predicted molar refractivity (Wildman–Crippen MR) is 112 cm³/mol. The molecule has 1 saturated carbocycles. The molecule has 0 unspecified atom stereocenters. The van der Waals surface area contributed by atoms with Gasteiger partial charge in [0.2, 0.25) is 5.91 Å². The van der Waals surface area contributed by atoms with Crippen molar-refractivity contribution in [1.82, 2.24) is 4.90 Å². The molecule has 30 heavy (non-hydrogen) atoms. The Morgan fingerprint density at radius 2 is 1.77 bits per heavy atom. The summed E-state index contributed by atoms with van der Waals surface area (Å²) in [5, 5.41) is 2.55. The summed E-state index contributed by atoms with van der Waals surface area (Å²) in [7, 11) is -3.36. The number of anilines is 1. The van der Waals surface area contributed by atoms with Crippen molar-refractivity contribution in [1.29, 1.82) is 0 Å². The molecule has 2 amide bonds. The van der Waals surface area contributed by atoms with Crippen LogP contribution in [0.15, 0.2) is 52.2 Å².